The van der Waals surface area contributed by atoms with E-state index in [1.807, 2.05) is 35.5 Å². The molecule has 2 fully saturated rings. The molecule has 32 heavy (non-hydrogen) atoms. The van der Waals surface area contributed by atoms with E-state index < -0.39 is 0 Å². The fourth-order valence-corrected chi connectivity index (χ4v) is 4.48. The second-order valence-corrected chi connectivity index (χ2v) is 8.46. The number of carbonyl (C=O) groups excluding carboxylic acids is 1. The van der Waals surface area contributed by atoms with Crippen LogP contribution in [0.15, 0.2) is 55.0 Å². The van der Waals surface area contributed by atoms with E-state index in [0.717, 1.165) is 30.7 Å². The molecule has 1 aromatic carbocycles. The molecule has 0 N–H and O–H groups in total. The number of amides is 1. The summed E-state index contributed by atoms with van der Waals surface area (Å²) >= 11 is 0. The second-order valence-electron chi connectivity index (χ2n) is 8.46. The SMILES string of the molecule is O=C(c1ccnc(N2CCOCC2)c1)N1CCOC[C@@H](Cc2ccc3ccncc3c2)C1. The Morgan fingerprint density at radius 1 is 0.969 bits per heavy atom. The van der Waals surface area contributed by atoms with E-state index in [0.29, 0.717) is 45.1 Å². The molecule has 2 aromatic heterocycles. The Labute approximate surface area is 188 Å². The molecule has 0 aliphatic carbocycles. The molecule has 1 atom stereocenters. The van der Waals surface area contributed by atoms with Gasteiger partial charge in [-0.25, -0.2) is 4.98 Å². The third-order valence-corrected chi connectivity index (χ3v) is 6.18. The van der Waals surface area contributed by atoms with Crippen LogP contribution in [-0.2, 0) is 15.9 Å². The number of benzene rings is 1. The summed E-state index contributed by atoms with van der Waals surface area (Å²) in [5.41, 5.74) is 1.92. The van der Waals surface area contributed by atoms with Crippen molar-refractivity contribution in [2.24, 2.45) is 5.92 Å². The molecule has 0 radical (unpaired) electrons. The van der Waals surface area contributed by atoms with Crippen LogP contribution in [0.5, 0.6) is 0 Å². The zero-order chi connectivity index (χ0) is 21.8. The van der Waals surface area contributed by atoms with Gasteiger partial charge in [-0.2, -0.15) is 0 Å². The Morgan fingerprint density at radius 2 is 1.84 bits per heavy atom. The lowest BCUT2D eigenvalue weighted by molar-refractivity contribution is 0.0737. The molecule has 2 saturated heterocycles. The van der Waals surface area contributed by atoms with Crippen LogP contribution < -0.4 is 4.90 Å². The quantitative estimate of drug-likeness (QED) is 0.632. The highest BCUT2D eigenvalue weighted by Gasteiger charge is 2.24. The number of anilines is 1. The molecule has 2 aliphatic rings. The van der Waals surface area contributed by atoms with E-state index in [-0.39, 0.29) is 11.8 Å². The van der Waals surface area contributed by atoms with E-state index >= 15 is 0 Å². The minimum Gasteiger partial charge on any atom is -0.379 e. The molecule has 7 heteroatoms. The molecule has 166 valence electrons. The van der Waals surface area contributed by atoms with Gasteiger partial charge in [0.05, 0.1) is 26.4 Å². The third-order valence-electron chi connectivity index (χ3n) is 6.18. The van der Waals surface area contributed by atoms with E-state index in [2.05, 4.69) is 33.1 Å². The summed E-state index contributed by atoms with van der Waals surface area (Å²) in [6.45, 7) is 5.48. The van der Waals surface area contributed by atoms with Gasteiger partial charge >= 0.3 is 0 Å². The maximum absolute atomic E-state index is 13.4. The molecule has 7 nitrogen and oxygen atoms in total. The van der Waals surface area contributed by atoms with Crippen molar-refractivity contribution in [3.8, 4) is 0 Å². The maximum Gasteiger partial charge on any atom is 0.254 e. The minimum absolute atomic E-state index is 0.0418. The number of aromatic nitrogens is 2. The summed E-state index contributed by atoms with van der Waals surface area (Å²) in [7, 11) is 0. The van der Waals surface area contributed by atoms with Crippen LogP contribution in [0.25, 0.3) is 10.8 Å². The molecule has 4 heterocycles. The lowest BCUT2D eigenvalue weighted by Crippen LogP contribution is -2.38. The van der Waals surface area contributed by atoms with Crippen molar-refractivity contribution in [2.75, 3.05) is 57.5 Å². The van der Waals surface area contributed by atoms with E-state index in [4.69, 9.17) is 9.47 Å². The number of nitrogens with zero attached hydrogens (tertiary/aromatic N) is 4. The number of pyridine rings is 2. The van der Waals surface area contributed by atoms with Gasteiger partial charge in [-0.15, -0.1) is 0 Å². The number of hydrogen-bond acceptors (Lipinski definition) is 6. The smallest absolute Gasteiger partial charge is 0.254 e. The average molecular weight is 433 g/mol. The van der Waals surface area contributed by atoms with E-state index in [1.165, 1.54) is 10.9 Å². The van der Waals surface area contributed by atoms with E-state index in [1.54, 1.807) is 6.20 Å². The van der Waals surface area contributed by atoms with E-state index in [9.17, 15) is 4.79 Å². The zero-order valence-electron chi connectivity index (χ0n) is 18.2. The highest BCUT2D eigenvalue weighted by atomic mass is 16.5. The Bertz CT molecular complexity index is 1080. The van der Waals surface area contributed by atoms with Gasteiger partial charge in [-0.05, 0) is 41.6 Å². The summed E-state index contributed by atoms with van der Waals surface area (Å²) in [4.78, 5) is 26.2. The highest BCUT2D eigenvalue weighted by Crippen LogP contribution is 2.21. The number of fused-ring (bicyclic) bond motifs is 1. The number of rotatable bonds is 4. The molecule has 2 aliphatic heterocycles. The summed E-state index contributed by atoms with van der Waals surface area (Å²) in [6, 6.07) is 12.2. The fourth-order valence-electron chi connectivity index (χ4n) is 4.48. The van der Waals surface area contributed by atoms with Crippen molar-refractivity contribution in [3.63, 3.8) is 0 Å². The van der Waals surface area contributed by atoms with Crippen LogP contribution in [0, 0.1) is 5.92 Å². The van der Waals surface area contributed by atoms with Gasteiger partial charge in [0.1, 0.15) is 5.82 Å². The lowest BCUT2D eigenvalue weighted by Gasteiger charge is -2.28. The van der Waals surface area contributed by atoms with Crippen LogP contribution >= 0.6 is 0 Å². The first-order valence-corrected chi connectivity index (χ1v) is 11.2. The standard InChI is InChI=1S/C25H28N4O3/c30-25(22-4-6-27-24(15-22)28-7-10-31-11-8-28)29-9-12-32-18-20(17-29)13-19-1-2-21-3-5-26-16-23(21)14-19/h1-6,14-16,20H,7-13,17-18H2/t20-/m0/s1. The monoisotopic (exact) mass is 432 g/mol. The van der Waals surface area contributed by atoms with Crippen molar-refractivity contribution in [1.29, 1.82) is 0 Å². The molecule has 5 rings (SSSR count). The largest absolute Gasteiger partial charge is 0.379 e. The van der Waals surface area contributed by atoms with Gasteiger partial charge < -0.3 is 19.3 Å². The Hall–Kier alpha value is -3.03. The van der Waals surface area contributed by atoms with Crippen LogP contribution in [0.4, 0.5) is 5.82 Å². The van der Waals surface area contributed by atoms with Gasteiger partial charge in [0, 0.05) is 61.6 Å². The first-order chi connectivity index (χ1) is 15.8. The lowest BCUT2D eigenvalue weighted by atomic mass is 9.97. The van der Waals surface area contributed by atoms with Crippen molar-refractivity contribution in [3.05, 3.63) is 66.1 Å². The zero-order valence-corrected chi connectivity index (χ0v) is 18.2. The first-order valence-electron chi connectivity index (χ1n) is 11.2. The first kappa shape index (κ1) is 20.8. The van der Waals surface area contributed by atoms with Crippen molar-refractivity contribution >= 4 is 22.5 Å². The van der Waals surface area contributed by atoms with Gasteiger partial charge in [0.25, 0.3) is 5.91 Å². The Balaban J connectivity index is 1.29. The van der Waals surface area contributed by atoms with Gasteiger partial charge in [0.15, 0.2) is 0 Å². The fraction of sp³-hybridized carbons (Fsp3) is 0.400. The van der Waals surface area contributed by atoms with Crippen molar-refractivity contribution in [2.45, 2.75) is 6.42 Å². The number of ether oxygens (including phenoxy) is 2. The topological polar surface area (TPSA) is 67.8 Å². The summed E-state index contributed by atoms with van der Waals surface area (Å²) in [6.07, 6.45) is 6.30. The molecule has 0 unspecified atom stereocenters. The molecule has 0 bridgehead atoms. The number of hydrogen-bond donors (Lipinski definition) is 0. The van der Waals surface area contributed by atoms with Gasteiger partial charge in [-0.3, -0.25) is 9.78 Å². The molecule has 0 spiro atoms. The summed E-state index contributed by atoms with van der Waals surface area (Å²) in [5.74, 6) is 1.13. The Kier molecular flexibility index (Phi) is 6.27. The van der Waals surface area contributed by atoms with Crippen LogP contribution in [0.3, 0.4) is 0 Å². The molecule has 1 amide bonds. The maximum atomic E-state index is 13.4. The molecule has 3 aromatic rings. The Morgan fingerprint density at radius 3 is 2.75 bits per heavy atom. The van der Waals surface area contributed by atoms with Gasteiger partial charge in [-0.1, -0.05) is 12.1 Å². The summed E-state index contributed by atoms with van der Waals surface area (Å²) in [5, 5.41) is 2.33. The van der Waals surface area contributed by atoms with Crippen molar-refractivity contribution in [1.82, 2.24) is 14.9 Å². The van der Waals surface area contributed by atoms with Crippen LogP contribution in [0.1, 0.15) is 15.9 Å². The van der Waals surface area contributed by atoms with Crippen LogP contribution in [0.2, 0.25) is 0 Å². The molecular weight excluding hydrogens is 404 g/mol. The predicted octanol–water partition coefficient (Wildman–Crippen LogP) is 2.80. The van der Waals surface area contributed by atoms with Gasteiger partial charge in [0.2, 0.25) is 0 Å². The van der Waals surface area contributed by atoms with Crippen LogP contribution in [-0.4, -0.2) is 73.4 Å². The van der Waals surface area contributed by atoms with Crippen molar-refractivity contribution < 1.29 is 14.3 Å². The normalized spacial score (nSPS) is 19.7. The second kappa shape index (κ2) is 9.63. The summed E-state index contributed by atoms with van der Waals surface area (Å²) < 4.78 is 11.3. The number of carbonyl (C=O) groups is 1. The highest BCUT2D eigenvalue weighted by molar-refractivity contribution is 5.95. The molecular formula is C25H28N4O3. The predicted molar refractivity (Wildman–Crippen MR) is 123 cm³/mol. The average Bonchev–Trinajstić information content (AvgIpc) is 3.10. The minimum atomic E-state index is 0.0418. The molecule has 0 saturated carbocycles. The third kappa shape index (κ3) is 4.74. The number of morpholine rings is 1.